The molecule has 1 atom stereocenters. The number of amides is 2. The maximum absolute atomic E-state index is 11.8. The van der Waals surface area contributed by atoms with E-state index in [2.05, 4.69) is 10.6 Å². The van der Waals surface area contributed by atoms with Crippen LogP contribution in [-0.4, -0.2) is 48.2 Å². The molecule has 1 aliphatic rings. The van der Waals surface area contributed by atoms with E-state index in [0.717, 1.165) is 0 Å². The number of carbonyl (C=O) groups is 3. The van der Waals surface area contributed by atoms with Crippen LogP contribution in [0.1, 0.15) is 23.2 Å². The molecule has 3 N–H and O–H groups in total. The van der Waals surface area contributed by atoms with Gasteiger partial charge in [0.2, 0.25) is 5.91 Å². The van der Waals surface area contributed by atoms with Crippen molar-refractivity contribution >= 4 is 17.8 Å². The summed E-state index contributed by atoms with van der Waals surface area (Å²) in [5.74, 6) is -1.92. The molecule has 0 saturated carbocycles. The number of carboxylic acids is 1. The van der Waals surface area contributed by atoms with Crippen LogP contribution in [-0.2, 0) is 14.3 Å². The molecule has 8 nitrogen and oxygen atoms in total. The van der Waals surface area contributed by atoms with Gasteiger partial charge in [0.15, 0.2) is 5.54 Å². The molecule has 0 bridgehead atoms. The molecule has 1 unspecified atom stereocenters. The third kappa shape index (κ3) is 3.60. The van der Waals surface area contributed by atoms with Gasteiger partial charge in [-0.3, -0.25) is 9.59 Å². The van der Waals surface area contributed by atoms with E-state index in [0.29, 0.717) is 12.2 Å². The Balaban J connectivity index is 1.77. The minimum absolute atomic E-state index is 0.0153. The predicted octanol–water partition coefficient (Wildman–Crippen LogP) is -0.241. The van der Waals surface area contributed by atoms with E-state index in [9.17, 15) is 19.5 Å². The summed E-state index contributed by atoms with van der Waals surface area (Å²) in [5, 5.41) is 14.2. The first-order valence-corrected chi connectivity index (χ1v) is 6.46. The van der Waals surface area contributed by atoms with Crippen molar-refractivity contribution in [2.45, 2.75) is 18.4 Å². The molecule has 1 aromatic rings. The Morgan fingerprint density at radius 3 is 2.76 bits per heavy atom. The van der Waals surface area contributed by atoms with Crippen molar-refractivity contribution in [1.29, 1.82) is 0 Å². The molecule has 0 aliphatic carbocycles. The Hall–Kier alpha value is -2.35. The maximum atomic E-state index is 11.8. The zero-order valence-corrected chi connectivity index (χ0v) is 11.3. The summed E-state index contributed by atoms with van der Waals surface area (Å²) in [4.78, 5) is 34.6. The lowest BCUT2D eigenvalue weighted by atomic mass is 9.99. The second-order valence-electron chi connectivity index (χ2n) is 4.76. The van der Waals surface area contributed by atoms with E-state index in [1.54, 1.807) is 0 Å². The summed E-state index contributed by atoms with van der Waals surface area (Å²) in [7, 11) is 0. The molecule has 0 spiro atoms. The molecule has 114 valence electrons. The highest BCUT2D eigenvalue weighted by molar-refractivity contribution is 5.94. The standard InChI is InChI=1S/C13H16N2O6/c16-10(15-13(12(18)19)3-6-21-8-13)1-4-14-11(17)9-2-5-20-7-9/h2,5,7H,1,3-4,6,8H2,(H,14,17)(H,15,16)(H,18,19). The van der Waals surface area contributed by atoms with Crippen LogP contribution in [0.5, 0.6) is 0 Å². The third-order valence-electron chi connectivity index (χ3n) is 3.23. The molecule has 0 aromatic carbocycles. The van der Waals surface area contributed by atoms with Crippen LogP contribution in [0.4, 0.5) is 0 Å². The highest BCUT2D eigenvalue weighted by Gasteiger charge is 2.43. The zero-order chi connectivity index (χ0) is 15.3. The van der Waals surface area contributed by atoms with E-state index >= 15 is 0 Å². The van der Waals surface area contributed by atoms with Crippen molar-refractivity contribution in [3.63, 3.8) is 0 Å². The minimum Gasteiger partial charge on any atom is -0.479 e. The number of furan rings is 1. The topological polar surface area (TPSA) is 118 Å². The lowest BCUT2D eigenvalue weighted by Crippen LogP contribution is -2.55. The van der Waals surface area contributed by atoms with Crippen molar-refractivity contribution in [2.24, 2.45) is 0 Å². The summed E-state index contributed by atoms with van der Waals surface area (Å²) in [6.45, 7) is 0.353. The summed E-state index contributed by atoms with van der Waals surface area (Å²) >= 11 is 0. The first kappa shape index (κ1) is 15.0. The van der Waals surface area contributed by atoms with E-state index in [-0.39, 0.29) is 31.9 Å². The second-order valence-corrected chi connectivity index (χ2v) is 4.76. The zero-order valence-electron chi connectivity index (χ0n) is 11.3. The summed E-state index contributed by atoms with van der Waals surface area (Å²) in [6, 6.07) is 1.50. The molecule has 0 radical (unpaired) electrons. The minimum atomic E-state index is -1.36. The van der Waals surface area contributed by atoms with Crippen molar-refractivity contribution in [3.05, 3.63) is 24.2 Å². The van der Waals surface area contributed by atoms with Gasteiger partial charge in [-0.15, -0.1) is 0 Å². The van der Waals surface area contributed by atoms with Crippen LogP contribution >= 0.6 is 0 Å². The van der Waals surface area contributed by atoms with Gasteiger partial charge in [0.25, 0.3) is 5.91 Å². The average Bonchev–Trinajstić information content (AvgIpc) is 3.10. The molecule has 8 heteroatoms. The lowest BCUT2D eigenvalue weighted by Gasteiger charge is -2.23. The van der Waals surface area contributed by atoms with E-state index in [4.69, 9.17) is 9.15 Å². The molecule has 2 heterocycles. The molecule has 21 heavy (non-hydrogen) atoms. The van der Waals surface area contributed by atoms with E-state index in [1.807, 2.05) is 0 Å². The number of aliphatic carboxylic acids is 1. The normalized spacial score (nSPS) is 21.0. The Morgan fingerprint density at radius 1 is 1.38 bits per heavy atom. The van der Waals surface area contributed by atoms with Gasteiger partial charge in [0, 0.05) is 26.0 Å². The molecule has 1 saturated heterocycles. The third-order valence-corrected chi connectivity index (χ3v) is 3.23. The summed E-state index contributed by atoms with van der Waals surface area (Å²) in [5.41, 5.74) is -0.993. The van der Waals surface area contributed by atoms with Gasteiger partial charge in [-0.1, -0.05) is 0 Å². The highest BCUT2D eigenvalue weighted by atomic mass is 16.5. The van der Waals surface area contributed by atoms with Crippen molar-refractivity contribution in [3.8, 4) is 0 Å². The van der Waals surface area contributed by atoms with E-state index < -0.39 is 17.4 Å². The van der Waals surface area contributed by atoms with Gasteiger partial charge in [-0.2, -0.15) is 0 Å². The Labute approximate surface area is 120 Å². The number of nitrogens with one attached hydrogen (secondary N) is 2. The van der Waals surface area contributed by atoms with Crippen molar-refractivity contribution in [1.82, 2.24) is 10.6 Å². The number of hydrogen-bond donors (Lipinski definition) is 3. The number of carbonyl (C=O) groups excluding carboxylic acids is 2. The number of hydrogen-bond acceptors (Lipinski definition) is 5. The predicted molar refractivity (Wildman–Crippen MR) is 69.6 cm³/mol. The summed E-state index contributed by atoms with van der Waals surface area (Å²) in [6.07, 6.45) is 2.89. The first-order valence-electron chi connectivity index (χ1n) is 6.46. The molecule has 1 aromatic heterocycles. The first-order chi connectivity index (χ1) is 10.0. The smallest absolute Gasteiger partial charge is 0.331 e. The monoisotopic (exact) mass is 296 g/mol. The van der Waals surface area contributed by atoms with Gasteiger partial charge < -0.3 is 24.9 Å². The van der Waals surface area contributed by atoms with Crippen LogP contribution in [0.15, 0.2) is 23.0 Å². The number of carboxylic acid groups (broad SMARTS) is 1. The Kier molecular flexibility index (Phi) is 4.59. The van der Waals surface area contributed by atoms with Crippen LogP contribution < -0.4 is 10.6 Å². The lowest BCUT2D eigenvalue weighted by molar-refractivity contribution is -0.147. The molecular formula is C13H16N2O6. The molecule has 2 rings (SSSR count). The van der Waals surface area contributed by atoms with Crippen LogP contribution in [0.3, 0.4) is 0 Å². The average molecular weight is 296 g/mol. The molecule has 1 fully saturated rings. The number of ether oxygens (including phenoxy) is 1. The quantitative estimate of drug-likeness (QED) is 0.667. The maximum Gasteiger partial charge on any atom is 0.331 e. The highest BCUT2D eigenvalue weighted by Crippen LogP contribution is 2.19. The Morgan fingerprint density at radius 2 is 2.19 bits per heavy atom. The Bertz CT molecular complexity index is 519. The summed E-state index contributed by atoms with van der Waals surface area (Å²) < 4.78 is 9.81. The van der Waals surface area contributed by atoms with Crippen molar-refractivity contribution in [2.75, 3.05) is 19.8 Å². The fourth-order valence-electron chi connectivity index (χ4n) is 2.00. The second kappa shape index (κ2) is 6.40. The molecular weight excluding hydrogens is 280 g/mol. The number of rotatable bonds is 6. The van der Waals surface area contributed by atoms with E-state index in [1.165, 1.54) is 18.6 Å². The fraction of sp³-hybridized carbons (Fsp3) is 0.462. The van der Waals surface area contributed by atoms with Gasteiger partial charge >= 0.3 is 5.97 Å². The molecule has 2 amide bonds. The fourth-order valence-corrected chi connectivity index (χ4v) is 2.00. The van der Waals surface area contributed by atoms with Crippen molar-refractivity contribution < 1.29 is 28.6 Å². The SMILES string of the molecule is O=C(CCNC(=O)c1ccoc1)NC1(C(=O)O)CCOC1. The largest absolute Gasteiger partial charge is 0.479 e. The van der Waals surface area contributed by atoms with Gasteiger partial charge in [-0.25, -0.2) is 4.79 Å². The van der Waals surface area contributed by atoms with Gasteiger partial charge in [0.05, 0.1) is 18.4 Å². The van der Waals surface area contributed by atoms with Crippen LogP contribution in [0.2, 0.25) is 0 Å². The van der Waals surface area contributed by atoms with Gasteiger partial charge in [0.1, 0.15) is 6.26 Å². The van der Waals surface area contributed by atoms with Gasteiger partial charge in [-0.05, 0) is 6.07 Å². The molecule has 1 aliphatic heterocycles. The van der Waals surface area contributed by atoms with Crippen LogP contribution in [0.25, 0.3) is 0 Å². The van der Waals surface area contributed by atoms with Crippen LogP contribution in [0, 0.1) is 0 Å².